The molecule has 1 aromatic heterocycles. The summed E-state index contributed by atoms with van der Waals surface area (Å²) in [6.07, 6.45) is 0.960. The van der Waals surface area contributed by atoms with Gasteiger partial charge in [-0.05, 0) is 32.5 Å². The number of thioether (sulfide) groups is 1. The van der Waals surface area contributed by atoms with Gasteiger partial charge in [-0.2, -0.15) is 4.98 Å². The van der Waals surface area contributed by atoms with Gasteiger partial charge in [-0.25, -0.2) is 0 Å². The minimum atomic E-state index is 0.238. The first-order valence-corrected chi connectivity index (χ1v) is 8.39. The molecule has 1 N–H and O–H groups in total. The smallest absolute Gasteiger partial charge is 0.231 e. The van der Waals surface area contributed by atoms with E-state index in [0.29, 0.717) is 23.5 Å². The molecule has 2 aromatic rings. The lowest BCUT2D eigenvalue weighted by Gasteiger charge is -2.17. The number of aromatic nitrogens is 2. The molecule has 0 aliphatic carbocycles. The van der Waals surface area contributed by atoms with Crippen molar-refractivity contribution in [2.24, 2.45) is 0 Å². The highest BCUT2D eigenvalue weighted by atomic mass is 35.5. The molecule has 6 heteroatoms. The molecule has 2 rings (SSSR count). The molecule has 21 heavy (non-hydrogen) atoms. The van der Waals surface area contributed by atoms with Gasteiger partial charge in [0.1, 0.15) is 0 Å². The van der Waals surface area contributed by atoms with E-state index in [0.717, 1.165) is 16.3 Å². The van der Waals surface area contributed by atoms with Gasteiger partial charge in [-0.1, -0.05) is 35.8 Å². The van der Waals surface area contributed by atoms with E-state index in [4.69, 9.17) is 16.1 Å². The molecule has 114 valence electrons. The summed E-state index contributed by atoms with van der Waals surface area (Å²) in [5.41, 5.74) is 0. The molecule has 0 saturated carbocycles. The minimum absolute atomic E-state index is 0.238. The maximum absolute atomic E-state index is 6.14. The number of benzene rings is 1. The standard InChI is InChI=1S/C15H20ClN3OS/c1-4-11(10(2)17-3)15-18-14(19-20-15)9-21-13-8-6-5-7-12(13)16/h5-8,10-11,17H,4,9H2,1-3H3. The first-order valence-electron chi connectivity index (χ1n) is 7.02. The third kappa shape index (κ3) is 4.22. The predicted octanol–water partition coefficient (Wildman–Crippen LogP) is 4.12. The Kier molecular flexibility index (Phi) is 6.08. The third-order valence-electron chi connectivity index (χ3n) is 3.49. The summed E-state index contributed by atoms with van der Waals surface area (Å²) in [6, 6.07) is 8.07. The normalized spacial score (nSPS) is 14.1. The molecular formula is C15H20ClN3OS. The number of halogens is 1. The molecule has 0 amide bonds. The highest BCUT2D eigenvalue weighted by Crippen LogP contribution is 2.29. The van der Waals surface area contributed by atoms with Gasteiger partial charge >= 0.3 is 0 Å². The lowest BCUT2D eigenvalue weighted by molar-refractivity contribution is 0.320. The van der Waals surface area contributed by atoms with Gasteiger partial charge < -0.3 is 9.84 Å². The highest BCUT2D eigenvalue weighted by molar-refractivity contribution is 7.98. The fraction of sp³-hybridized carbons (Fsp3) is 0.467. The fourth-order valence-electron chi connectivity index (χ4n) is 2.12. The Hall–Kier alpha value is -1.04. The van der Waals surface area contributed by atoms with Crippen molar-refractivity contribution in [1.82, 2.24) is 15.5 Å². The zero-order chi connectivity index (χ0) is 15.2. The van der Waals surface area contributed by atoms with Crippen LogP contribution in [0.3, 0.4) is 0 Å². The van der Waals surface area contributed by atoms with E-state index in [1.165, 1.54) is 0 Å². The van der Waals surface area contributed by atoms with Crippen LogP contribution in [0.25, 0.3) is 0 Å². The molecule has 0 aliphatic rings. The van der Waals surface area contributed by atoms with Gasteiger partial charge in [0.15, 0.2) is 5.82 Å². The lowest BCUT2D eigenvalue weighted by Crippen LogP contribution is -2.28. The van der Waals surface area contributed by atoms with Gasteiger partial charge in [-0.3, -0.25) is 0 Å². The summed E-state index contributed by atoms with van der Waals surface area (Å²) >= 11 is 7.75. The molecule has 2 unspecified atom stereocenters. The Balaban J connectivity index is 2.01. The van der Waals surface area contributed by atoms with Crippen LogP contribution in [0.2, 0.25) is 5.02 Å². The molecule has 1 aromatic carbocycles. The molecule has 0 spiro atoms. The van der Waals surface area contributed by atoms with Crippen molar-refractivity contribution in [3.05, 3.63) is 41.0 Å². The second-order valence-corrected chi connectivity index (χ2v) is 6.28. The van der Waals surface area contributed by atoms with Gasteiger partial charge in [-0.15, -0.1) is 11.8 Å². The predicted molar refractivity (Wildman–Crippen MR) is 86.9 cm³/mol. The third-order valence-corrected chi connectivity index (χ3v) is 5.00. The van der Waals surface area contributed by atoms with E-state index in [1.54, 1.807) is 11.8 Å². The van der Waals surface area contributed by atoms with Crippen LogP contribution < -0.4 is 5.32 Å². The number of nitrogens with one attached hydrogen (secondary N) is 1. The van der Waals surface area contributed by atoms with E-state index in [9.17, 15) is 0 Å². The van der Waals surface area contributed by atoms with Crippen molar-refractivity contribution in [1.29, 1.82) is 0 Å². The Morgan fingerprint density at radius 1 is 1.38 bits per heavy atom. The van der Waals surface area contributed by atoms with Crippen LogP contribution in [0.15, 0.2) is 33.7 Å². The summed E-state index contributed by atoms with van der Waals surface area (Å²) in [5.74, 6) is 2.30. The molecule has 0 bridgehead atoms. The van der Waals surface area contributed by atoms with Crippen molar-refractivity contribution in [3.63, 3.8) is 0 Å². The zero-order valence-electron chi connectivity index (χ0n) is 12.5. The summed E-state index contributed by atoms with van der Waals surface area (Å²) in [5, 5.41) is 8.06. The maximum Gasteiger partial charge on any atom is 0.231 e. The van der Waals surface area contributed by atoms with Crippen LogP contribution in [0.5, 0.6) is 0 Å². The number of nitrogens with zero attached hydrogens (tertiary/aromatic N) is 2. The van der Waals surface area contributed by atoms with Crippen LogP contribution in [0, 0.1) is 0 Å². The zero-order valence-corrected chi connectivity index (χ0v) is 14.0. The minimum Gasteiger partial charge on any atom is -0.339 e. The second kappa shape index (κ2) is 7.82. The van der Waals surface area contributed by atoms with Crippen LogP contribution in [0.4, 0.5) is 0 Å². The quantitative estimate of drug-likeness (QED) is 0.776. The van der Waals surface area contributed by atoms with E-state index in [2.05, 4.69) is 29.3 Å². The number of likely N-dealkylation sites (N-methyl/N-ethyl adjacent to an activating group) is 1. The van der Waals surface area contributed by atoms with E-state index < -0.39 is 0 Å². The first-order chi connectivity index (χ1) is 10.2. The Morgan fingerprint density at radius 2 is 2.14 bits per heavy atom. The van der Waals surface area contributed by atoms with Crippen molar-refractivity contribution in [2.45, 2.75) is 42.9 Å². The number of hydrogen-bond donors (Lipinski definition) is 1. The Bertz CT molecular complexity index is 576. The maximum atomic E-state index is 6.14. The van der Waals surface area contributed by atoms with E-state index in [-0.39, 0.29) is 5.92 Å². The SMILES string of the molecule is CCC(c1nc(CSc2ccccc2Cl)no1)C(C)NC. The van der Waals surface area contributed by atoms with Crippen LogP contribution in [-0.4, -0.2) is 23.2 Å². The molecule has 2 atom stereocenters. The summed E-state index contributed by atoms with van der Waals surface area (Å²) in [7, 11) is 1.94. The van der Waals surface area contributed by atoms with E-state index in [1.807, 2.05) is 31.3 Å². The summed E-state index contributed by atoms with van der Waals surface area (Å²) < 4.78 is 5.41. The van der Waals surface area contributed by atoms with Crippen LogP contribution in [0.1, 0.15) is 37.9 Å². The lowest BCUT2D eigenvalue weighted by atomic mass is 9.98. The largest absolute Gasteiger partial charge is 0.339 e. The molecule has 0 saturated heterocycles. The Morgan fingerprint density at radius 3 is 2.81 bits per heavy atom. The molecule has 0 radical (unpaired) electrons. The summed E-state index contributed by atoms with van der Waals surface area (Å²) in [6.45, 7) is 4.25. The average molecular weight is 326 g/mol. The van der Waals surface area contributed by atoms with Crippen molar-refractivity contribution in [2.75, 3.05) is 7.05 Å². The van der Waals surface area contributed by atoms with Gasteiger partial charge in [0.05, 0.1) is 16.7 Å². The molecule has 4 nitrogen and oxygen atoms in total. The molecule has 0 aliphatic heterocycles. The first kappa shape index (κ1) is 16.3. The second-order valence-electron chi connectivity index (χ2n) is 4.86. The average Bonchev–Trinajstić information content (AvgIpc) is 2.95. The van der Waals surface area contributed by atoms with Gasteiger partial charge in [0, 0.05) is 10.9 Å². The number of rotatable bonds is 7. The fourth-order valence-corrected chi connectivity index (χ4v) is 3.21. The van der Waals surface area contributed by atoms with E-state index >= 15 is 0 Å². The molecule has 0 fully saturated rings. The van der Waals surface area contributed by atoms with Crippen LogP contribution >= 0.6 is 23.4 Å². The highest BCUT2D eigenvalue weighted by Gasteiger charge is 2.22. The van der Waals surface area contributed by atoms with Crippen molar-refractivity contribution >= 4 is 23.4 Å². The van der Waals surface area contributed by atoms with Gasteiger partial charge in [0.2, 0.25) is 5.89 Å². The molecule has 1 heterocycles. The topological polar surface area (TPSA) is 51.0 Å². The van der Waals surface area contributed by atoms with Crippen LogP contribution in [-0.2, 0) is 5.75 Å². The molecular weight excluding hydrogens is 306 g/mol. The van der Waals surface area contributed by atoms with Crippen molar-refractivity contribution < 1.29 is 4.52 Å². The summed E-state index contributed by atoms with van der Waals surface area (Å²) in [4.78, 5) is 5.54. The Labute approximate surface area is 134 Å². The van der Waals surface area contributed by atoms with Gasteiger partial charge in [0.25, 0.3) is 0 Å². The van der Waals surface area contributed by atoms with Crippen molar-refractivity contribution in [3.8, 4) is 0 Å². The number of hydrogen-bond acceptors (Lipinski definition) is 5. The monoisotopic (exact) mass is 325 g/mol.